The number of nitrogens with two attached hydrogens (primary N) is 1. The minimum Gasteiger partial charge on any atom is -0.368 e. The molecule has 0 bridgehead atoms. The first-order valence-corrected chi connectivity index (χ1v) is 7.45. The molecule has 1 fully saturated rings. The molecule has 2 aromatic rings. The second-order valence-electron chi connectivity index (χ2n) is 6.02. The number of hydrogen-bond donors (Lipinski definition) is 1. The predicted octanol–water partition coefficient (Wildman–Crippen LogP) is 3.36. The lowest BCUT2D eigenvalue weighted by Gasteiger charge is -2.38. The molecule has 1 aliphatic rings. The van der Waals surface area contributed by atoms with Gasteiger partial charge in [0.1, 0.15) is 11.0 Å². The van der Waals surface area contributed by atoms with E-state index in [1.807, 2.05) is 0 Å². The highest BCUT2D eigenvalue weighted by molar-refractivity contribution is 5.90. The number of aromatic nitrogens is 2. The Morgan fingerprint density at radius 2 is 1.60 bits per heavy atom. The Morgan fingerprint density at radius 1 is 0.960 bits per heavy atom. The number of fused-ring (bicyclic) bond motifs is 1. The minimum absolute atomic E-state index is 0.0904. The molecule has 2 atom stereocenters. The number of rotatable bonds is 1. The first-order chi connectivity index (χ1) is 11.6. The van der Waals surface area contributed by atoms with Crippen molar-refractivity contribution in [2.24, 2.45) is 11.7 Å². The van der Waals surface area contributed by atoms with Crippen LogP contribution in [0.25, 0.3) is 11.0 Å². The van der Waals surface area contributed by atoms with Gasteiger partial charge in [-0.3, -0.25) is 9.97 Å². The largest absolute Gasteiger partial charge is 0.418 e. The molecule has 0 amide bonds. The van der Waals surface area contributed by atoms with E-state index in [0.29, 0.717) is 0 Å². The summed E-state index contributed by atoms with van der Waals surface area (Å²) in [5, 5.41) is 0. The third kappa shape index (κ3) is 3.48. The zero-order valence-electron chi connectivity index (χ0n) is 12.8. The highest BCUT2D eigenvalue weighted by Crippen LogP contribution is 2.39. The van der Waals surface area contributed by atoms with E-state index >= 15 is 0 Å². The monoisotopic (exact) mass is 364 g/mol. The Balaban J connectivity index is 2.07. The molecule has 2 unspecified atom stereocenters. The predicted molar refractivity (Wildman–Crippen MR) is 78.9 cm³/mol. The maximum atomic E-state index is 13.1. The van der Waals surface area contributed by atoms with Crippen molar-refractivity contribution in [2.45, 2.75) is 24.8 Å². The molecule has 25 heavy (non-hydrogen) atoms. The van der Waals surface area contributed by atoms with Crippen LogP contribution in [0.2, 0.25) is 0 Å². The summed E-state index contributed by atoms with van der Waals surface area (Å²) in [6.45, 7) is -0.280. The summed E-state index contributed by atoms with van der Waals surface area (Å²) in [5.74, 6) is -1.65. The van der Waals surface area contributed by atoms with Crippen LogP contribution in [0.3, 0.4) is 0 Å². The summed E-state index contributed by atoms with van der Waals surface area (Å²) in [6, 6.07) is 1.20. The number of nitrogens with zero attached hydrogens (tertiary/aromatic N) is 3. The maximum absolute atomic E-state index is 13.1. The third-order valence-corrected chi connectivity index (χ3v) is 4.20. The Morgan fingerprint density at radius 3 is 2.20 bits per heavy atom. The second-order valence-corrected chi connectivity index (χ2v) is 6.02. The summed E-state index contributed by atoms with van der Waals surface area (Å²) in [6.07, 6.45) is -6.97. The van der Waals surface area contributed by atoms with Gasteiger partial charge in [-0.1, -0.05) is 0 Å². The topological polar surface area (TPSA) is 55.0 Å². The van der Waals surface area contributed by atoms with Crippen LogP contribution in [0.15, 0.2) is 24.5 Å². The van der Waals surface area contributed by atoms with Crippen molar-refractivity contribution in [3.05, 3.63) is 30.1 Å². The first-order valence-electron chi connectivity index (χ1n) is 7.45. The summed E-state index contributed by atoms with van der Waals surface area (Å²) in [5.41, 5.74) is 4.44. The molecule has 0 spiro atoms. The van der Waals surface area contributed by atoms with E-state index in [0.717, 1.165) is 18.3 Å². The normalized spacial score (nSPS) is 22.4. The van der Waals surface area contributed by atoms with Gasteiger partial charge in [-0.15, -0.1) is 0 Å². The van der Waals surface area contributed by atoms with Crippen LogP contribution in [-0.4, -0.2) is 35.3 Å². The van der Waals surface area contributed by atoms with Gasteiger partial charge in [-0.2, -0.15) is 26.3 Å². The van der Waals surface area contributed by atoms with Crippen molar-refractivity contribution in [1.82, 2.24) is 9.97 Å². The van der Waals surface area contributed by atoms with Crippen LogP contribution in [0.5, 0.6) is 0 Å². The lowest BCUT2D eigenvalue weighted by Crippen LogP contribution is -2.51. The van der Waals surface area contributed by atoms with Crippen LogP contribution in [-0.2, 0) is 6.18 Å². The maximum Gasteiger partial charge on any atom is 0.418 e. The Hall–Kier alpha value is -2.10. The van der Waals surface area contributed by atoms with Crippen molar-refractivity contribution in [3.8, 4) is 0 Å². The standard InChI is InChI=1S/C15H14F6N4/c16-14(17,18)8-5-9(22)7-25(6-8)11-2-1-10(15(19,20)21)12-13(11)24-4-3-23-12/h1-4,8-9H,5-7,22H2. The molecule has 1 saturated heterocycles. The van der Waals surface area contributed by atoms with Crippen molar-refractivity contribution in [1.29, 1.82) is 0 Å². The van der Waals surface area contributed by atoms with E-state index in [1.165, 1.54) is 11.1 Å². The fourth-order valence-corrected chi connectivity index (χ4v) is 3.10. The molecular weight excluding hydrogens is 350 g/mol. The Bertz CT molecular complexity index is 773. The van der Waals surface area contributed by atoms with Crippen molar-refractivity contribution >= 4 is 16.7 Å². The van der Waals surface area contributed by atoms with Crippen molar-refractivity contribution < 1.29 is 26.3 Å². The van der Waals surface area contributed by atoms with Crippen molar-refractivity contribution in [2.75, 3.05) is 18.0 Å². The molecular formula is C15H14F6N4. The van der Waals surface area contributed by atoms with Gasteiger partial charge in [-0.25, -0.2) is 0 Å². The van der Waals surface area contributed by atoms with E-state index in [9.17, 15) is 26.3 Å². The van der Waals surface area contributed by atoms with E-state index in [4.69, 9.17) is 5.73 Å². The van der Waals surface area contributed by atoms with Crippen molar-refractivity contribution in [3.63, 3.8) is 0 Å². The van der Waals surface area contributed by atoms with E-state index in [-0.39, 0.29) is 30.7 Å². The number of alkyl halides is 6. The fraction of sp³-hybridized carbons (Fsp3) is 0.467. The summed E-state index contributed by atoms with van der Waals surface area (Å²) in [4.78, 5) is 8.98. The Labute approximate surface area is 138 Å². The lowest BCUT2D eigenvalue weighted by atomic mass is 9.93. The molecule has 0 saturated carbocycles. The smallest absolute Gasteiger partial charge is 0.368 e. The second kappa shape index (κ2) is 6.01. The lowest BCUT2D eigenvalue weighted by molar-refractivity contribution is -0.177. The third-order valence-electron chi connectivity index (χ3n) is 4.20. The van der Waals surface area contributed by atoms with E-state index in [2.05, 4.69) is 9.97 Å². The number of anilines is 1. The molecule has 10 heteroatoms. The van der Waals surface area contributed by atoms with Crippen LogP contribution in [0.1, 0.15) is 12.0 Å². The Kier molecular flexibility index (Phi) is 4.26. The van der Waals surface area contributed by atoms with Gasteiger partial charge in [0, 0.05) is 31.5 Å². The number of piperidine rings is 1. The number of halogens is 6. The van der Waals surface area contributed by atoms with E-state index < -0.39 is 35.4 Å². The van der Waals surface area contributed by atoms with Gasteiger partial charge in [0.05, 0.1) is 17.2 Å². The first kappa shape index (κ1) is 17.7. The van der Waals surface area contributed by atoms with Gasteiger partial charge in [0.25, 0.3) is 0 Å². The minimum atomic E-state index is -4.64. The molecule has 0 radical (unpaired) electrons. The van der Waals surface area contributed by atoms with Gasteiger partial charge in [-0.05, 0) is 18.6 Å². The van der Waals surface area contributed by atoms with Crippen LogP contribution >= 0.6 is 0 Å². The SMILES string of the molecule is NC1CC(C(F)(F)F)CN(c2ccc(C(F)(F)F)c3nccnc23)C1. The van der Waals surface area contributed by atoms with Crippen LogP contribution in [0, 0.1) is 5.92 Å². The molecule has 0 aliphatic carbocycles. The average molecular weight is 364 g/mol. The van der Waals surface area contributed by atoms with Gasteiger partial charge in [0.15, 0.2) is 0 Å². The molecule has 4 nitrogen and oxygen atoms in total. The summed E-state index contributed by atoms with van der Waals surface area (Å²) >= 11 is 0. The molecule has 136 valence electrons. The number of benzene rings is 1. The molecule has 1 aromatic carbocycles. The zero-order valence-corrected chi connectivity index (χ0v) is 12.8. The van der Waals surface area contributed by atoms with E-state index in [1.54, 1.807) is 0 Å². The summed E-state index contributed by atoms with van der Waals surface area (Å²) in [7, 11) is 0. The van der Waals surface area contributed by atoms with Crippen LogP contribution < -0.4 is 10.6 Å². The quantitative estimate of drug-likeness (QED) is 0.789. The number of hydrogen-bond acceptors (Lipinski definition) is 4. The zero-order chi connectivity index (χ0) is 18.4. The highest BCUT2D eigenvalue weighted by atomic mass is 19.4. The fourth-order valence-electron chi connectivity index (χ4n) is 3.10. The van der Waals surface area contributed by atoms with Gasteiger partial charge >= 0.3 is 12.4 Å². The van der Waals surface area contributed by atoms with Gasteiger partial charge < -0.3 is 10.6 Å². The molecule has 1 aromatic heterocycles. The average Bonchev–Trinajstić information content (AvgIpc) is 2.51. The molecule has 1 aliphatic heterocycles. The summed E-state index contributed by atoms with van der Waals surface area (Å²) < 4.78 is 78.6. The van der Waals surface area contributed by atoms with Gasteiger partial charge in [0.2, 0.25) is 0 Å². The molecule has 3 rings (SSSR count). The highest BCUT2D eigenvalue weighted by Gasteiger charge is 2.44. The molecule has 2 N–H and O–H groups in total. The molecule has 2 heterocycles. The van der Waals surface area contributed by atoms with Crippen LogP contribution in [0.4, 0.5) is 32.0 Å².